The van der Waals surface area contributed by atoms with Gasteiger partial charge in [0.15, 0.2) is 11.2 Å². The first kappa shape index (κ1) is 18.8. The third kappa shape index (κ3) is 3.11. The predicted molar refractivity (Wildman–Crippen MR) is 99.1 cm³/mol. The Morgan fingerprint density at radius 2 is 1.69 bits per heavy atom. The van der Waals surface area contributed by atoms with Gasteiger partial charge in [0, 0.05) is 16.5 Å². The molecule has 138 valence electrons. The molecule has 0 heterocycles. The van der Waals surface area contributed by atoms with Crippen LogP contribution in [0.1, 0.15) is 38.7 Å². The fraction of sp³-hybridized carbons (Fsp3) is 0.450. The average Bonchev–Trinajstić information content (AvgIpc) is 3.11. The zero-order chi connectivity index (χ0) is 18.9. The maximum atomic E-state index is 12.6. The van der Waals surface area contributed by atoms with Gasteiger partial charge in [0.25, 0.3) is 0 Å². The van der Waals surface area contributed by atoms with Crippen molar-refractivity contribution in [2.24, 2.45) is 11.3 Å². The highest BCUT2D eigenvalue weighted by Crippen LogP contribution is 2.54. The summed E-state index contributed by atoms with van der Waals surface area (Å²) in [5.41, 5.74) is 0.989. The monoisotopic (exact) mass is 420 g/mol. The van der Waals surface area contributed by atoms with Crippen molar-refractivity contribution in [1.82, 2.24) is 0 Å². The van der Waals surface area contributed by atoms with Gasteiger partial charge < -0.3 is 9.47 Å². The van der Waals surface area contributed by atoms with Gasteiger partial charge in [0.05, 0.1) is 13.2 Å². The summed E-state index contributed by atoms with van der Waals surface area (Å²) >= 11 is 3.39. The van der Waals surface area contributed by atoms with E-state index in [1.54, 1.807) is 13.8 Å². The lowest BCUT2D eigenvalue weighted by Crippen LogP contribution is -2.40. The molecule has 3 rings (SSSR count). The fourth-order valence-corrected chi connectivity index (χ4v) is 4.24. The normalized spacial score (nSPS) is 20.9. The minimum Gasteiger partial charge on any atom is -0.465 e. The van der Waals surface area contributed by atoms with Crippen molar-refractivity contribution in [3.05, 3.63) is 39.9 Å². The van der Waals surface area contributed by atoms with Gasteiger partial charge in [0.2, 0.25) is 0 Å². The van der Waals surface area contributed by atoms with Crippen LogP contribution in [0.15, 0.2) is 34.3 Å². The zero-order valence-electron chi connectivity index (χ0n) is 14.8. The number of esters is 2. The lowest BCUT2D eigenvalue weighted by Gasteiger charge is -2.24. The number of hydrogen-bond donors (Lipinski definition) is 0. The maximum Gasteiger partial charge on any atom is 0.323 e. The highest BCUT2D eigenvalue weighted by atomic mass is 79.9. The molecule has 1 fully saturated rings. The van der Waals surface area contributed by atoms with Gasteiger partial charge in [-0.05, 0) is 50.3 Å². The third-order valence-corrected chi connectivity index (χ3v) is 5.61. The van der Waals surface area contributed by atoms with Gasteiger partial charge in [-0.1, -0.05) is 33.6 Å². The Labute approximate surface area is 160 Å². The zero-order valence-corrected chi connectivity index (χ0v) is 16.4. The van der Waals surface area contributed by atoms with Crippen LogP contribution >= 0.6 is 15.9 Å². The number of hydrogen-bond acceptors (Lipinski definition) is 5. The van der Waals surface area contributed by atoms with Gasteiger partial charge in [-0.2, -0.15) is 0 Å². The van der Waals surface area contributed by atoms with Crippen molar-refractivity contribution in [2.75, 3.05) is 13.2 Å². The number of rotatable bonds is 5. The van der Waals surface area contributed by atoms with Crippen molar-refractivity contribution in [3.63, 3.8) is 0 Å². The van der Waals surface area contributed by atoms with E-state index in [0.717, 1.165) is 15.6 Å². The Hall–Kier alpha value is -1.95. The van der Waals surface area contributed by atoms with E-state index in [2.05, 4.69) is 15.9 Å². The number of fused-ring (bicyclic) bond motifs is 1. The number of Topliss-reactive ketones (excluding diaryl/α,β-unsaturated/α-hetero) is 1. The largest absolute Gasteiger partial charge is 0.465 e. The summed E-state index contributed by atoms with van der Waals surface area (Å²) in [6.07, 6.45) is 0.777. The SMILES string of the molecule is CCOC(=O)C1(C(=O)OCC)CC2=C(c3ccc(Br)cc3)C(=O)CC2C1. The number of benzene rings is 1. The Morgan fingerprint density at radius 3 is 2.23 bits per heavy atom. The summed E-state index contributed by atoms with van der Waals surface area (Å²) in [4.78, 5) is 37.9. The van der Waals surface area contributed by atoms with E-state index in [4.69, 9.17) is 9.47 Å². The predicted octanol–water partition coefficient (Wildman–Crippen LogP) is 3.70. The van der Waals surface area contributed by atoms with E-state index in [1.807, 2.05) is 24.3 Å². The minimum absolute atomic E-state index is 0.0636. The molecule has 0 N–H and O–H groups in total. The van der Waals surface area contributed by atoms with Crippen LogP contribution < -0.4 is 0 Å². The van der Waals surface area contributed by atoms with Gasteiger partial charge >= 0.3 is 11.9 Å². The van der Waals surface area contributed by atoms with E-state index >= 15 is 0 Å². The lowest BCUT2D eigenvalue weighted by atomic mass is 9.83. The fourth-order valence-electron chi connectivity index (χ4n) is 3.97. The molecule has 0 saturated heterocycles. The lowest BCUT2D eigenvalue weighted by molar-refractivity contribution is -0.171. The molecule has 6 heteroatoms. The first-order chi connectivity index (χ1) is 12.4. The number of allylic oxidation sites excluding steroid dienone is 2. The third-order valence-electron chi connectivity index (χ3n) is 5.08. The van der Waals surface area contributed by atoms with Crippen molar-refractivity contribution in [2.45, 2.75) is 33.1 Å². The molecular weight excluding hydrogens is 400 g/mol. The molecule has 1 aromatic rings. The number of carbonyl (C=O) groups excluding carboxylic acids is 3. The van der Waals surface area contributed by atoms with Crippen LogP contribution in [0, 0.1) is 11.3 Å². The maximum absolute atomic E-state index is 12.6. The summed E-state index contributed by atoms with van der Waals surface area (Å²) in [6.45, 7) is 3.82. The van der Waals surface area contributed by atoms with Crippen molar-refractivity contribution < 1.29 is 23.9 Å². The quantitative estimate of drug-likeness (QED) is 0.536. The summed E-state index contributed by atoms with van der Waals surface area (Å²) < 4.78 is 11.3. The minimum atomic E-state index is -1.34. The van der Waals surface area contributed by atoms with Crippen molar-refractivity contribution in [3.8, 4) is 0 Å². The Balaban J connectivity index is 2.03. The first-order valence-corrected chi connectivity index (χ1v) is 9.58. The highest BCUT2D eigenvalue weighted by Gasteiger charge is 2.58. The summed E-state index contributed by atoms with van der Waals surface area (Å²) in [6, 6.07) is 7.51. The van der Waals surface area contributed by atoms with Gasteiger partial charge in [-0.15, -0.1) is 0 Å². The molecule has 1 aromatic carbocycles. The van der Waals surface area contributed by atoms with Crippen LogP contribution in [0.2, 0.25) is 0 Å². The molecule has 0 spiro atoms. The van der Waals surface area contributed by atoms with Gasteiger partial charge in [-0.25, -0.2) is 0 Å². The molecule has 2 aliphatic rings. The van der Waals surface area contributed by atoms with Crippen LogP contribution in [0.25, 0.3) is 5.57 Å². The van der Waals surface area contributed by atoms with Crippen LogP contribution in [0.3, 0.4) is 0 Å². The van der Waals surface area contributed by atoms with Crippen molar-refractivity contribution in [1.29, 1.82) is 0 Å². The molecule has 26 heavy (non-hydrogen) atoms. The number of ketones is 1. The van der Waals surface area contributed by atoms with E-state index < -0.39 is 17.4 Å². The highest BCUT2D eigenvalue weighted by molar-refractivity contribution is 9.10. The molecular formula is C20H21BrO5. The summed E-state index contributed by atoms with van der Waals surface area (Å²) in [7, 11) is 0. The topological polar surface area (TPSA) is 69.7 Å². The van der Waals surface area contributed by atoms with Gasteiger partial charge in [0.1, 0.15) is 0 Å². The van der Waals surface area contributed by atoms with Gasteiger partial charge in [-0.3, -0.25) is 14.4 Å². The smallest absolute Gasteiger partial charge is 0.323 e. The average molecular weight is 421 g/mol. The van der Waals surface area contributed by atoms with Crippen molar-refractivity contribution >= 4 is 39.2 Å². The second-order valence-electron chi connectivity index (χ2n) is 6.64. The molecule has 1 unspecified atom stereocenters. The molecule has 1 saturated carbocycles. The Bertz CT molecular complexity index is 760. The van der Waals surface area contributed by atoms with Crippen LogP contribution in [0.5, 0.6) is 0 Å². The molecule has 0 aliphatic heterocycles. The molecule has 0 radical (unpaired) electrons. The molecule has 2 aliphatic carbocycles. The van der Waals surface area contributed by atoms with E-state index in [0.29, 0.717) is 12.0 Å². The molecule has 0 amide bonds. The van der Waals surface area contributed by atoms with Crippen LogP contribution in [-0.4, -0.2) is 30.9 Å². The molecule has 5 nitrogen and oxygen atoms in total. The Kier molecular flexibility index (Phi) is 5.32. The number of halogens is 1. The van der Waals surface area contributed by atoms with E-state index in [9.17, 15) is 14.4 Å². The number of ether oxygens (including phenoxy) is 2. The summed E-state index contributed by atoms with van der Waals surface area (Å²) in [5.74, 6) is -1.16. The standard InChI is InChI=1S/C20H21BrO5/c1-3-25-18(23)20(19(24)26-4-2)10-13-9-16(22)17(15(13)11-20)12-5-7-14(21)8-6-12/h5-8,13H,3-4,9-11H2,1-2H3. The second kappa shape index (κ2) is 7.35. The second-order valence-corrected chi connectivity index (χ2v) is 7.55. The van der Waals surface area contributed by atoms with E-state index in [1.165, 1.54) is 0 Å². The summed E-state index contributed by atoms with van der Waals surface area (Å²) in [5, 5.41) is 0. The van der Waals surface area contributed by atoms with E-state index in [-0.39, 0.29) is 37.8 Å². The first-order valence-electron chi connectivity index (χ1n) is 8.79. The molecule has 0 aromatic heterocycles. The Morgan fingerprint density at radius 1 is 1.12 bits per heavy atom. The molecule has 0 bridgehead atoms. The van der Waals surface area contributed by atoms with Crippen LogP contribution in [-0.2, 0) is 23.9 Å². The number of carbonyl (C=O) groups is 3. The van der Waals surface area contributed by atoms with Crippen LogP contribution in [0.4, 0.5) is 0 Å². The molecule has 1 atom stereocenters.